The van der Waals surface area contributed by atoms with Crippen LogP contribution < -0.4 is 0 Å². The van der Waals surface area contributed by atoms with Crippen LogP contribution >= 0.6 is 0 Å². The van der Waals surface area contributed by atoms with Crippen LogP contribution in [0.3, 0.4) is 0 Å². The normalized spacial score (nSPS) is 28.1. The fourth-order valence-corrected chi connectivity index (χ4v) is 5.23. The van der Waals surface area contributed by atoms with Gasteiger partial charge < -0.3 is 4.90 Å². The molecule has 4 heteroatoms. The third-order valence-electron chi connectivity index (χ3n) is 6.62. The molecule has 0 bridgehead atoms. The summed E-state index contributed by atoms with van der Waals surface area (Å²) in [6.45, 7) is 1.59. The number of hydrogen-bond donors (Lipinski definition) is 0. The molecule has 1 saturated heterocycles. The molecular formula is C20H23N3O. The highest BCUT2D eigenvalue weighted by Crippen LogP contribution is 2.72. The predicted molar refractivity (Wildman–Crippen MR) is 91.5 cm³/mol. The third-order valence-corrected chi connectivity index (χ3v) is 6.62. The van der Waals surface area contributed by atoms with Crippen LogP contribution in [0.1, 0.15) is 43.7 Å². The van der Waals surface area contributed by atoms with E-state index in [4.69, 9.17) is 0 Å². The fraction of sp³-hybridized carbons (Fsp3) is 0.500. The molecule has 2 heterocycles. The van der Waals surface area contributed by atoms with Crippen LogP contribution in [0.25, 0.3) is 0 Å². The van der Waals surface area contributed by atoms with Gasteiger partial charge in [0.2, 0.25) is 5.91 Å². The van der Waals surface area contributed by atoms with Crippen molar-refractivity contribution in [2.75, 3.05) is 13.1 Å². The summed E-state index contributed by atoms with van der Waals surface area (Å²) >= 11 is 0. The lowest BCUT2D eigenvalue weighted by Gasteiger charge is -2.42. The van der Waals surface area contributed by atoms with Gasteiger partial charge in [0.1, 0.15) is 0 Å². The van der Waals surface area contributed by atoms with E-state index in [1.807, 2.05) is 29.2 Å². The molecule has 1 atom stereocenters. The highest BCUT2D eigenvalue weighted by Gasteiger charge is 2.73. The SMILES string of the molecule is O=C(N1CC(n2cccn2)C1)[C@]1(c2ccccc2)CC12CCCC2. The van der Waals surface area contributed by atoms with Crippen molar-refractivity contribution in [1.29, 1.82) is 0 Å². The van der Waals surface area contributed by atoms with Crippen molar-refractivity contribution in [3.8, 4) is 0 Å². The molecule has 2 aromatic rings. The maximum atomic E-state index is 13.5. The number of likely N-dealkylation sites (tertiary alicyclic amines) is 1. The number of aromatic nitrogens is 2. The summed E-state index contributed by atoms with van der Waals surface area (Å²) in [5.41, 5.74) is 1.22. The second-order valence-electron chi connectivity index (χ2n) is 7.79. The molecule has 1 aliphatic heterocycles. The van der Waals surface area contributed by atoms with Crippen molar-refractivity contribution in [3.05, 3.63) is 54.4 Å². The summed E-state index contributed by atoms with van der Waals surface area (Å²) in [6, 6.07) is 12.8. The van der Waals surface area contributed by atoms with E-state index in [0.717, 1.165) is 19.5 Å². The first-order valence-electron chi connectivity index (χ1n) is 9.09. The van der Waals surface area contributed by atoms with E-state index in [9.17, 15) is 4.79 Å². The first-order chi connectivity index (χ1) is 11.8. The largest absolute Gasteiger partial charge is 0.337 e. The van der Waals surface area contributed by atoms with Crippen LogP contribution in [-0.2, 0) is 10.2 Å². The molecular weight excluding hydrogens is 298 g/mol. The maximum absolute atomic E-state index is 13.5. The highest BCUT2D eigenvalue weighted by atomic mass is 16.2. The first-order valence-corrected chi connectivity index (χ1v) is 9.09. The molecule has 0 N–H and O–H groups in total. The van der Waals surface area contributed by atoms with Crippen LogP contribution in [0.4, 0.5) is 0 Å². The zero-order valence-corrected chi connectivity index (χ0v) is 13.9. The monoisotopic (exact) mass is 321 g/mol. The minimum atomic E-state index is -0.250. The van der Waals surface area contributed by atoms with Crippen LogP contribution in [-0.4, -0.2) is 33.7 Å². The summed E-state index contributed by atoms with van der Waals surface area (Å²) < 4.78 is 1.98. The lowest BCUT2D eigenvalue weighted by molar-refractivity contribution is -0.141. The average Bonchev–Trinajstić information content (AvgIpc) is 2.93. The molecule has 1 aromatic heterocycles. The van der Waals surface area contributed by atoms with E-state index in [-0.39, 0.29) is 10.8 Å². The standard InChI is InChI=1S/C20H23N3O/c24-18(22-13-17(14-22)23-12-6-11-21-23)20(16-7-2-1-3-8-16)15-19(20)9-4-5-10-19/h1-3,6-8,11-12,17H,4-5,9-10,13-15H2/t20-/m1/s1. The van der Waals surface area contributed by atoms with Crippen LogP contribution in [0.15, 0.2) is 48.8 Å². The Bertz CT molecular complexity index is 742. The summed E-state index contributed by atoms with van der Waals surface area (Å²) in [4.78, 5) is 15.5. The van der Waals surface area contributed by atoms with E-state index in [2.05, 4.69) is 34.3 Å². The molecule has 4 nitrogen and oxygen atoms in total. The van der Waals surface area contributed by atoms with E-state index in [1.165, 1.54) is 31.2 Å². The average molecular weight is 321 g/mol. The Labute approximate surface area is 142 Å². The Balaban J connectivity index is 1.41. The number of carbonyl (C=O) groups excluding carboxylic acids is 1. The van der Waals surface area contributed by atoms with Gasteiger partial charge in [-0.05, 0) is 36.3 Å². The molecule has 1 aromatic carbocycles. The summed E-state index contributed by atoms with van der Waals surface area (Å²) in [5, 5.41) is 4.32. The molecule has 0 unspecified atom stereocenters. The topological polar surface area (TPSA) is 38.1 Å². The smallest absolute Gasteiger partial charge is 0.233 e. The number of amides is 1. The van der Waals surface area contributed by atoms with Crippen molar-refractivity contribution < 1.29 is 4.79 Å². The van der Waals surface area contributed by atoms with E-state index < -0.39 is 0 Å². The fourth-order valence-electron chi connectivity index (χ4n) is 5.23. The Hall–Kier alpha value is -2.10. The van der Waals surface area contributed by atoms with Gasteiger partial charge in [-0.15, -0.1) is 0 Å². The molecule has 1 amide bonds. The van der Waals surface area contributed by atoms with Crippen LogP contribution in [0.2, 0.25) is 0 Å². The summed E-state index contributed by atoms with van der Waals surface area (Å²) in [5.74, 6) is 0.360. The van der Waals surface area contributed by atoms with Crippen LogP contribution in [0.5, 0.6) is 0 Å². The van der Waals surface area contributed by atoms with Crippen molar-refractivity contribution >= 4 is 5.91 Å². The van der Waals surface area contributed by atoms with Gasteiger partial charge in [-0.2, -0.15) is 5.10 Å². The highest BCUT2D eigenvalue weighted by molar-refractivity contribution is 5.94. The second kappa shape index (κ2) is 4.95. The maximum Gasteiger partial charge on any atom is 0.233 e. The van der Waals surface area contributed by atoms with Crippen LogP contribution in [0, 0.1) is 5.41 Å². The molecule has 0 radical (unpaired) electrons. The van der Waals surface area contributed by atoms with Gasteiger partial charge in [-0.3, -0.25) is 9.48 Å². The molecule has 3 fully saturated rings. The molecule has 2 saturated carbocycles. The number of rotatable bonds is 3. The molecule has 3 aliphatic rings. The minimum absolute atomic E-state index is 0.238. The number of benzene rings is 1. The molecule has 124 valence electrons. The van der Waals surface area contributed by atoms with Gasteiger partial charge in [0.15, 0.2) is 0 Å². The second-order valence-corrected chi connectivity index (χ2v) is 7.79. The Kier molecular flexibility index (Phi) is 2.94. The summed E-state index contributed by atoms with van der Waals surface area (Å²) in [7, 11) is 0. The zero-order chi connectivity index (χ0) is 16.2. The van der Waals surface area contributed by atoms with E-state index in [1.54, 1.807) is 0 Å². The first kappa shape index (κ1) is 14.3. The van der Waals surface area contributed by atoms with E-state index in [0.29, 0.717) is 11.9 Å². The van der Waals surface area contributed by atoms with E-state index >= 15 is 0 Å². The van der Waals surface area contributed by atoms with Crippen molar-refractivity contribution in [2.24, 2.45) is 5.41 Å². The molecule has 2 aliphatic carbocycles. The number of nitrogens with zero attached hydrogens (tertiary/aromatic N) is 3. The molecule has 1 spiro atoms. The number of hydrogen-bond acceptors (Lipinski definition) is 2. The molecule has 24 heavy (non-hydrogen) atoms. The van der Waals surface area contributed by atoms with Crippen molar-refractivity contribution in [3.63, 3.8) is 0 Å². The predicted octanol–water partition coefficient (Wildman–Crippen LogP) is 3.17. The van der Waals surface area contributed by atoms with Gasteiger partial charge in [0.25, 0.3) is 0 Å². The Morgan fingerprint density at radius 3 is 2.50 bits per heavy atom. The number of carbonyl (C=O) groups is 1. The summed E-state index contributed by atoms with van der Waals surface area (Å²) in [6.07, 6.45) is 9.83. The Morgan fingerprint density at radius 1 is 1.08 bits per heavy atom. The van der Waals surface area contributed by atoms with Gasteiger partial charge in [-0.25, -0.2) is 0 Å². The molecule has 5 rings (SSSR count). The Morgan fingerprint density at radius 2 is 1.83 bits per heavy atom. The zero-order valence-electron chi connectivity index (χ0n) is 13.9. The van der Waals surface area contributed by atoms with Gasteiger partial charge in [-0.1, -0.05) is 43.2 Å². The third kappa shape index (κ3) is 1.80. The minimum Gasteiger partial charge on any atom is -0.337 e. The lowest BCUT2D eigenvalue weighted by atomic mass is 9.82. The van der Waals surface area contributed by atoms with Crippen molar-refractivity contribution in [1.82, 2.24) is 14.7 Å². The van der Waals surface area contributed by atoms with Gasteiger partial charge in [0, 0.05) is 25.5 Å². The lowest BCUT2D eigenvalue weighted by Crippen LogP contribution is -2.55. The van der Waals surface area contributed by atoms with Gasteiger partial charge in [0.05, 0.1) is 11.5 Å². The van der Waals surface area contributed by atoms with Crippen molar-refractivity contribution in [2.45, 2.75) is 43.6 Å². The van der Waals surface area contributed by atoms with Gasteiger partial charge >= 0.3 is 0 Å². The quantitative estimate of drug-likeness (QED) is 0.871.